The van der Waals surface area contributed by atoms with Gasteiger partial charge in [-0.25, -0.2) is 4.79 Å². The highest BCUT2D eigenvalue weighted by molar-refractivity contribution is 6.33. The van der Waals surface area contributed by atoms with Crippen molar-refractivity contribution >= 4 is 29.0 Å². The van der Waals surface area contributed by atoms with Gasteiger partial charge < -0.3 is 5.11 Å². The summed E-state index contributed by atoms with van der Waals surface area (Å²) in [4.78, 5) is 15.1. The van der Waals surface area contributed by atoms with Gasteiger partial charge in [0.2, 0.25) is 0 Å². The number of carbonyl (C=O) groups is 1. The van der Waals surface area contributed by atoms with Crippen molar-refractivity contribution in [3.05, 3.63) is 58.9 Å². The minimum absolute atomic E-state index is 0.141. The predicted octanol–water partition coefficient (Wildman–Crippen LogP) is 3.27. The molecule has 0 aliphatic carbocycles. The largest absolute Gasteiger partial charge is 0.478 e. The smallest absolute Gasteiger partial charge is 0.335 e. The number of halogens is 1. The van der Waals surface area contributed by atoms with Crippen molar-refractivity contribution < 1.29 is 9.90 Å². The summed E-state index contributed by atoms with van der Waals surface area (Å²) in [6.07, 6.45) is 1.67. The lowest BCUT2D eigenvalue weighted by atomic mass is 10.2. The second-order valence-corrected chi connectivity index (χ2v) is 4.43. The van der Waals surface area contributed by atoms with E-state index in [4.69, 9.17) is 16.7 Å². The molecule has 0 radical (unpaired) electrons. The van der Waals surface area contributed by atoms with E-state index in [0.29, 0.717) is 16.4 Å². The Kier molecular flexibility index (Phi) is 4.32. The molecular weight excluding hydrogens is 278 g/mol. The third-order valence-electron chi connectivity index (χ3n) is 2.59. The van der Waals surface area contributed by atoms with Crippen LogP contribution in [0.5, 0.6) is 0 Å². The van der Waals surface area contributed by atoms with Gasteiger partial charge in [-0.1, -0.05) is 17.7 Å². The van der Waals surface area contributed by atoms with Crippen LogP contribution < -0.4 is 5.43 Å². The van der Waals surface area contributed by atoms with Crippen LogP contribution in [0.1, 0.15) is 23.0 Å². The molecule has 1 aromatic carbocycles. The number of nitrogens with zero attached hydrogens (tertiary/aromatic N) is 2. The van der Waals surface area contributed by atoms with Crippen LogP contribution in [0.25, 0.3) is 0 Å². The van der Waals surface area contributed by atoms with E-state index in [1.165, 1.54) is 18.2 Å². The zero-order valence-corrected chi connectivity index (χ0v) is 11.4. The number of rotatable bonds is 4. The van der Waals surface area contributed by atoms with Gasteiger partial charge in [0, 0.05) is 6.20 Å². The summed E-state index contributed by atoms with van der Waals surface area (Å²) in [6, 6.07) is 9.89. The van der Waals surface area contributed by atoms with E-state index in [1.807, 2.05) is 18.2 Å². The average molecular weight is 290 g/mol. The fourth-order valence-corrected chi connectivity index (χ4v) is 1.68. The number of aromatic nitrogens is 1. The Morgan fingerprint density at radius 3 is 2.80 bits per heavy atom. The van der Waals surface area contributed by atoms with Crippen LogP contribution in [0.15, 0.2) is 47.7 Å². The molecule has 0 fully saturated rings. The number of nitrogens with one attached hydrogen (secondary N) is 1. The second kappa shape index (κ2) is 6.16. The summed E-state index contributed by atoms with van der Waals surface area (Å²) in [7, 11) is 0. The number of carboxylic acid groups (broad SMARTS) is 1. The van der Waals surface area contributed by atoms with E-state index in [2.05, 4.69) is 15.5 Å². The molecule has 0 aliphatic rings. The molecule has 0 aliphatic heterocycles. The minimum Gasteiger partial charge on any atom is -0.478 e. The molecule has 0 saturated heterocycles. The fraction of sp³-hybridized carbons (Fsp3) is 0.0714. The maximum absolute atomic E-state index is 10.9. The number of pyridine rings is 1. The molecule has 0 unspecified atom stereocenters. The number of carboxylic acids is 1. The van der Waals surface area contributed by atoms with Crippen LogP contribution in [0.4, 0.5) is 5.69 Å². The molecule has 2 rings (SSSR count). The highest BCUT2D eigenvalue weighted by atomic mass is 35.5. The van der Waals surface area contributed by atoms with Gasteiger partial charge >= 0.3 is 5.97 Å². The van der Waals surface area contributed by atoms with Crippen molar-refractivity contribution in [2.75, 3.05) is 5.43 Å². The first-order valence-electron chi connectivity index (χ1n) is 5.82. The molecule has 0 amide bonds. The summed E-state index contributed by atoms with van der Waals surface area (Å²) in [5.41, 5.74) is 4.73. The van der Waals surface area contributed by atoms with E-state index < -0.39 is 5.97 Å². The van der Waals surface area contributed by atoms with Gasteiger partial charge in [-0.15, -0.1) is 0 Å². The standard InChI is InChI=1S/C14H12ClN3O2/c1-9(12-4-2-3-7-16-12)17-18-13-8-10(14(19)20)5-6-11(13)15/h2-8,18H,1H3,(H,19,20)/b17-9-. The topological polar surface area (TPSA) is 74.6 Å². The van der Waals surface area contributed by atoms with Gasteiger partial charge in [-0.05, 0) is 37.3 Å². The van der Waals surface area contributed by atoms with E-state index in [0.717, 1.165) is 5.69 Å². The molecule has 1 aromatic heterocycles. The van der Waals surface area contributed by atoms with Crippen molar-refractivity contribution in [3.63, 3.8) is 0 Å². The quantitative estimate of drug-likeness (QED) is 0.669. The van der Waals surface area contributed by atoms with E-state index >= 15 is 0 Å². The zero-order chi connectivity index (χ0) is 14.5. The minimum atomic E-state index is -1.02. The van der Waals surface area contributed by atoms with Gasteiger partial charge in [0.25, 0.3) is 0 Å². The first kappa shape index (κ1) is 14.0. The molecule has 0 spiro atoms. The molecule has 102 valence electrons. The average Bonchev–Trinajstić information content (AvgIpc) is 2.46. The van der Waals surface area contributed by atoms with Crippen LogP contribution >= 0.6 is 11.6 Å². The third kappa shape index (κ3) is 3.33. The summed E-state index contributed by atoms with van der Waals surface area (Å²) >= 11 is 5.99. The Hall–Kier alpha value is -2.40. The number of aromatic carboxylic acids is 1. The first-order valence-corrected chi connectivity index (χ1v) is 6.20. The van der Waals surface area contributed by atoms with Crippen LogP contribution in [0, 0.1) is 0 Å². The summed E-state index contributed by atoms with van der Waals surface area (Å²) in [5, 5.41) is 13.5. The first-order chi connectivity index (χ1) is 9.58. The number of hydrogen-bond donors (Lipinski definition) is 2. The van der Waals surface area contributed by atoms with Crippen molar-refractivity contribution in [1.82, 2.24) is 4.98 Å². The predicted molar refractivity (Wildman–Crippen MR) is 78.5 cm³/mol. The lowest BCUT2D eigenvalue weighted by Crippen LogP contribution is -2.03. The normalized spacial score (nSPS) is 11.2. The number of benzene rings is 1. The lowest BCUT2D eigenvalue weighted by Gasteiger charge is -2.06. The molecule has 6 heteroatoms. The number of anilines is 1. The molecule has 0 saturated carbocycles. The van der Waals surface area contributed by atoms with Crippen molar-refractivity contribution in [1.29, 1.82) is 0 Å². The Morgan fingerprint density at radius 2 is 2.15 bits per heavy atom. The maximum atomic E-state index is 10.9. The summed E-state index contributed by atoms with van der Waals surface area (Å²) in [6.45, 7) is 1.80. The Morgan fingerprint density at radius 1 is 1.35 bits per heavy atom. The van der Waals surface area contributed by atoms with Gasteiger partial charge in [-0.2, -0.15) is 5.10 Å². The van der Waals surface area contributed by atoms with Gasteiger partial charge in [-0.3, -0.25) is 10.4 Å². The Balaban J connectivity index is 2.22. The van der Waals surface area contributed by atoms with Crippen molar-refractivity contribution in [2.45, 2.75) is 6.92 Å². The van der Waals surface area contributed by atoms with Crippen molar-refractivity contribution in [3.8, 4) is 0 Å². The highest BCUT2D eigenvalue weighted by Crippen LogP contribution is 2.23. The molecule has 5 nitrogen and oxygen atoms in total. The van der Waals surface area contributed by atoms with Crippen LogP contribution in [0.3, 0.4) is 0 Å². The Bertz CT molecular complexity index is 657. The molecule has 0 bridgehead atoms. The van der Waals surface area contributed by atoms with E-state index in [1.54, 1.807) is 13.1 Å². The van der Waals surface area contributed by atoms with Crippen LogP contribution in [-0.2, 0) is 0 Å². The molecule has 2 N–H and O–H groups in total. The van der Waals surface area contributed by atoms with E-state index in [9.17, 15) is 4.79 Å². The zero-order valence-electron chi connectivity index (χ0n) is 10.7. The van der Waals surface area contributed by atoms with Crippen LogP contribution in [0.2, 0.25) is 5.02 Å². The van der Waals surface area contributed by atoms with E-state index in [-0.39, 0.29) is 5.56 Å². The SMILES string of the molecule is C/C(=N/Nc1cc(C(=O)O)ccc1Cl)c1ccccn1. The molecule has 20 heavy (non-hydrogen) atoms. The van der Waals surface area contributed by atoms with Gasteiger partial charge in [0.1, 0.15) is 0 Å². The molecule has 0 atom stereocenters. The van der Waals surface area contributed by atoms with Crippen LogP contribution in [-0.4, -0.2) is 21.8 Å². The maximum Gasteiger partial charge on any atom is 0.335 e. The molecule has 2 aromatic rings. The monoisotopic (exact) mass is 289 g/mol. The number of hydrogen-bond acceptors (Lipinski definition) is 4. The molecule has 1 heterocycles. The lowest BCUT2D eigenvalue weighted by molar-refractivity contribution is 0.0697. The van der Waals surface area contributed by atoms with Crippen molar-refractivity contribution in [2.24, 2.45) is 5.10 Å². The van der Waals surface area contributed by atoms with Gasteiger partial charge in [0.15, 0.2) is 0 Å². The number of hydrazone groups is 1. The molecular formula is C14H12ClN3O2. The van der Waals surface area contributed by atoms with Gasteiger partial charge in [0.05, 0.1) is 27.7 Å². The highest BCUT2D eigenvalue weighted by Gasteiger charge is 2.07. The Labute approximate surface area is 120 Å². The summed E-state index contributed by atoms with van der Waals surface area (Å²) < 4.78 is 0. The fourth-order valence-electron chi connectivity index (χ4n) is 1.52. The summed E-state index contributed by atoms with van der Waals surface area (Å²) in [5.74, 6) is -1.02. The second-order valence-electron chi connectivity index (χ2n) is 4.02. The third-order valence-corrected chi connectivity index (χ3v) is 2.92.